The van der Waals surface area contributed by atoms with Crippen LogP contribution in [0.25, 0.3) is 11.1 Å². The van der Waals surface area contributed by atoms with E-state index in [2.05, 4.69) is 135 Å². The minimum absolute atomic E-state index is 0.217. The maximum absolute atomic E-state index is 2.30. The van der Waals surface area contributed by atoms with E-state index in [9.17, 15) is 0 Å². The Morgan fingerprint density at radius 3 is 1.37 bits per heavy atom. The minimum atomic E-state index is 0.217. The molecule has 0 bridgehead atoms. The van der Waals surface area contributed by atoms with Crippen molar-refractivity contribution in [3.8, 4) is 11.1 Å². The summed E-state index contributed by atoms with van der Waals surface area (Å²) >= 11 is 0. The topological polar surface area (TPSA) is 3.24 Å². The number of benzene rings is 4. The molecule has 4 aromatic rings. The van der Waals surface area contributed by atoms with Crippen LogP contribution in [-0.4, -0.2) is 0 Å². The summed E-state index contributed by atoms with van der Waals surface area (Å²) in [6, 6.07) is 38.9. The molecular weight excluding hydrogens is 362 g/mol. The summed E-state index contributed by atoms with van der Waals surface area (Å²) < 4.78 is 0. The van der Waals surface area contributed by atoms with Gasteiger partial charge >= 0.3 is 0 Å². The lowest BCUT2D eigenvalue weighted by Crippen LogP contribution is -2.14. The molecule has 0 aliphatic carbocycles. The Bertz CT molecular complexity index is 1020. The molecule has 150 valence electrons. The lowest BCUT2D eigenvalue weighted by Gasteiger charge is -2.25. The molecular formula is C29H29N. The van der Waals surface area contributed by atoms with Crippen molar-refractivity contribution in [2.24, 2.45) is 0 Å². The summed E-state index contributed by atoms with van der Waals surface area (Å²) in [6.45, 7) is 6.86. The van der Waals surface area contributed by atoms with Crippen LogP contribution < -0.4 is 4.90 Å². The maximum atomic E-state index is 2.30. The molecule has 0 aromatic heterocycles. The van der Waals surface area contributed by atoms with E-state index >= 15 is 0 Å². The Labute approximate surface area is 180 Å². The smallest absolute Gasteiger partial charge is 0.0462 e. The third-order valence-electron chi connectivity index (χ3n) is 6.04. The fourth-order valence-corrected chi connectivity index (χ4v) is 3.72. The first-order valence-electron chi connectivity index (χ1n) is 10.7. The molecule has 0 atom stereocenters. The lowest BCUT2D eigenvalue weighted by atomic mass is 9.82. The van der Waals surface area contributed by atoms with Crippen molar-refractivity contribution in [3.63, 3.8) is 0 Å². The molecule has 0 saturated heterocycles. The molecule has 0 saturated carbocycles. The predicted octanol–water partition coefficient (Wildman–Crippen LogP) is 8.51. The monoisotopic (exact) mass is 391 g/mol. The molecule has 0 unspecified atom stereocenters. The Morgan fingerprint density at radius 1 is 0.533 bits per heavy atom. The van der Waals surface area contributed by atoms with E-state index in [0.29, 0.717) is 0 Å². The van der Waals surface area contributed by atoms with E-state index in [1.807, 2.05) is 0 Å². The fraction of sp³-hybridized carbons (Fsp3) is 0.172. The Balaban J connectivity index is 1.66. The van der Waals surface area contributed by atoms with Gasteiger partial charge in [-0.15, -0.1) is 0 Å². The highest BCUT2D eigenvalue weighted by Crippen LogP contribution is 2.35. The van der Waals surface area contributed by atoms with Gasteiger partial charge in [-0.3, -0.25) is 0 Å². The summed E-state index contributed by atoms with van der Waals surface area (Å²) in [7, 11) is 0. The third kappa shape index (κ3) is 4.16. The molecule has 0 heterocycles. The molecule has 4 rings (SSSR count). The molecule has 0 spiro atoms. The molecule has 1 heteroatoms. The summed E-state index contributed by atoms with van der Waals surface area (Å²) in [5.41, 5.74) is 7.56. The van der Waals surface area contributed by atoms with E-state index in [4.69, 9.17) is 0 Å². The highest BCUT2D eigenvalue weighted by molar-refractivity contribution is 5.78. The molecule has 1 nitrogen and oxygen atoms in total. The highest BCUT2D eigenvalue weighted by Gasteiger charge is 2.17. The molecule has 0 aliphatic rings. The molecule has 0 fully saturated rings. The first-order valence-corrected chi connectivity index (χ1v) is 10.7. The van der Waals surface area contributed by atoms with E-state index < -0.39 is 0 Å². The average Bonchev–Trinajstić information content (AvgIpc) is 2.81. The van der Waals surface area contributed by atoms with Crippen LogP contribution in [0.5, 0.6) is 0 Å². The third-order valence-corrected chi connectivity index (χ3v) is 6.04. The van der Waals surface area contributed by atoms with Crippen LogP contribution in [-0.2, 0) is 5.41 Å². The predicted molar refractivity (Wildman–Crippen MR) is 130 cm³/mol. The molecule has 0 N–H and O–H groups in total. The van der Waals surface area contributed by atoms with E-state index in [0.717, 1.165) is 23.5 Å². The van der Waals surface area contributed by atoms with Gasteiger partial charge in [0.2, 0.25) is 0 Å². The van der Waals surface area contributed by atoms with Gasteiger partial charge in [0.1, 0.15) is 0 Å². The zero-order chi connectivity index (χ0) is 21.0. The van der Waals surface area contributed by atoms with Gasteiger partial charge in [0.15, 0.2) is 0 Å². The quantitative estimate of drug-likeness (QED) is 0.318. The van der Waals surface area contributed by atoms with E-state index in [-0.39, 0.29) is 5.41 Å². The van der Waals surface area contributed by atoms with Crippen molar-refractivity contribution in [3.05, 3.63) is 115 Å². The van der Waals surface area contributed by atoms with Crippen LogP contribution in [0.3, 0.4) is 0 Å². The van der Waals surface area contributed by atoms with Crippen molar-refractivity contribution in [2.75, 3.05) is 4.90 Å². The lowest BCUT2D eigenvalue weighted by molar-refractivity contribution is 0.506. The standard InChI is InChI=1S/C29H29N/c1-4-29(2,3)25-19-15-23(16-20-25)24-17-21-28(22-18-24)30(26-11-7-5-8-12-26)27-13-9-6-10-14-27/h5-22H,4H2,1-3H3. The summed E-state index contributed by atoms with van der Waals surface area (Å²) in [5.74, 6) is 0. The van der Waals surface area contributed by atoms with Crippen LogP contribution in [0.1, 0.15) is 32.8 Å². The first kappa shape index (κ1) is 20.0. The second-order valence-electron chi connectivity index (χ2n) is 8.37. The van der Waals surface area contributed by atoms with Gasteiger partial charge in [0.05, 0.1) is 0 Å². The molecule has 0 amide bonds. The van der Waals surface area contributed by atoms with Crippen LogP contribution in [0.2, 0.25) is 0 Å². The normalized spacial score (nSPS) is 11.3. The van der Waals surface area contributed by atoms with Crippen molar-refractivity contribution in [1.29, 1.82) is 0 Å². The molecule has 0 radical (unpaired) electrons. The van der Waals surface area contributed by atoms with Crippen LogP contribution in [0.15, 0.2) is 109 Å². The second kappa shape index (κ2) is 8.59. The van der Waals surface area contributed by atoms with Crippen molar-refractivity contribution in [2.45, 2.75) is 32.6 Å². The van der Waals surface area contributed by atoms with E-state index in [1.54, 1.807) is 0 Å². The van der Waals surface area contributed by atoms with Gasteiger partial charge < -0.3 is 4.90 Å². The Morgan fingerprint density at radius 2 is 0.933 bits per heavy atom. The number of nitrogens with zero attached hydrogens (tertiary/aromatic N) is 1. The fourth-order valence-electron chi connectivity index (χ4n) is 3.72. The van der Waals surface area contributed by atoms with Gasteiger partial charge in [-0.25, -0.2) is 0 Å². The number of hydrogen-bond acceptors (Lipinski definition) is 1. The number of rotatable bonds is 6. The van der Waals surface area contributed by atoms with Crippen LogP contribution in [0, 0.1) is 0 Å². The molecule has 4 aromatic carbocycles. The van der Waals surface area contributed by atoms with Gasteiger partial charge in [-0.05, 0) is 64.9 Å². The van der Waals surface area contributed by atoms with Crippen molar-refractivity contribution in [1.82, 2.24) is 0 Å². The summed E-state index contributed by atoms with van der Waals surface area (Å²) in [6.07, 6.45) is 1.13. The second-order valence-corrected chi connectivity index (χ2v) is 8.37. The zero-order valence-corrected chi connectivity index (χ0v) is 18.0. The average molecular weight is 392 g/mol. The summed E-state index contributed by atoms with van der Waals surface area (Å²) in [5, 5.41) is 0. The van der Waals surface area contributed by atoms with Gasteiger partial charge in [0.25, 0.3) is 0 Å². The Kier molecular flexibility index (Phi) is 5.72. The zero-order valence-electron chi connectivity index (χ0n) is 18.0. The van der Waals surface area contributed by atoms with Crippen molar-refractivity contribution < 1.29 is 0 Å². The first-order chi connectivity index (χ1) is 14.6. The van der Waals surface area contributed by atoms with Gasteiger partial charge in [0, 0.05) is 17.1 Å². The van der Waals surface area contributed by atoms with Gasteiger partial charge in [-0.2, -0.15) is 0 Å². The number of para-hydroxylation sites is 2. The largest absolute Gasteiger partial charge is 0.311 e. The summed E-state index contributed by atoms with van der Waals surface area (Å²) in [4.78, 5) is 2.29. The SMILES string of the molecule is CCC(C)(C)c1ccc(-c2ccc(N(c3ccccc3)c3ccccc3)cc2)cc1. The Hall–Kier alpha value is -3.32. The van der Waals surface area contributed by atoms with Crippen LogP contribution in [0.4, 0.5) is 17.1 Å². The van der Waals surface area contributed by atoms with Gasteiger partial charge in [-0.1, -0.05) is 93.6 Å². The van der Waals surface area contributed by atoms with Crippen molar-refractivity contribution >= 4 is 17.1 Å². The van der Waals surface area contributed by atoms with Crippen LogP contribution >= 0.6 is 0 Å². The number of anilines is 3. The maximum Gasteiger partial charge on any atom is 0.0462 e. The van der Waals surface area contributed by atoms with E-state index in [1.165, 1.54) is 16.7 Å². The molecule has 30 heavy (non-hydrogen) atoms. The molecule has 0 aliphatic heterocycles. The number of hydrogen-bond donors (Lipinski definition) is 0. The minimum Gasteiger partial charge on any atom is -0.311 e. The highest BCUT2D eigenvalue weighted by atomic mass is 15.1.